The lowest BCUT2D eigenvalue weighted by Gasteiger charge is -2.49. The predicted molar refractivity (Wildman–Crippen MR) is 180 cm³/mol. The Balaban J connectivity index is 2.85. The lowest BCUT2D eigenvalue weighted by Crippen LogP contribution is -2.55. The molecule has 4 nitrogen and oxygen atoms in total. The van der Waals surface area contributed by atoms with Crippen LogP contribution in [0.5, 0.6) is 0 Å². The van der Waals surface area contributed by atoms with Crippen LogP contribution in [0.25, 0.3) is 0 Å². The number of aliphatic hydroxyl groups is 4. The van der Waals surface area contributed by atoms with Crippen molar-refractivity contribution in [1.29, 1.82) is 0 Å². The molecule has 4 N–H and O–H groups in total. The van der Waals surface area contributed by atoms with Crippen LogP contribution < -0.4 is 0 Å². The van der Waals surface area contributed by atoms with Gasteiger partial charge in [-0.1, -0.05) is 169 Å². The van der Waals surface area contributed by atoms with Gasteiger partial charge in [-0.3, -0.25) is 0 Å². The molecule has 0 aliphatic rings. The summed E-state index contributed by atoms with van der Waals surface area (Å²) in [6.07, 6.45) is 20.8. The SMILES string of the molecule is CCCCCCCCCCCCCCCCCCC(O)(c1c(C(C)(C)C)cc(C)cc1C(C)(C)C)C(CO)(CO)CO. The van der Waals surface area contributed by atoms with Crippen molar-refractivity contribution in [3.63, 3.8) is 0 Å². The molecule has 246 valence electrons. The topological polar surface area (TPSA) is 80.9 Å². The molecule has 1 rings (SSSR count). The summed E-state index contributed by atoms with van der Waals surface area (Å²) in [5.74, 6) is 0. The van der Waals surface area contributed by atoms with Gasteiger partial charge >= 0.3 is 0 Å². The molecule has 0 heterocycles. The zero-order valence-corrected chi connectivity index (χ0v) is 29.1. The highest BCUT2D eigenvalue weighted by Gasteiger charge is 2.53. The predicted octanol–water partition coefficient (Wildman–Crippen LogP) is 9.39. The maximum absolute atomic E-state index is 12.7. The molecule has 0 amide bonds. The van der Waals surface area contributed by atoms with E-state index < -0.39 is 30.8 Å². The zero-order chi connectivity index (χ0) is 31.9. The Morgan fingerprint density at radius 2 is 0.833 bits per heavy atom. The van der Waals surface area contributed by atoms with Crippen molar-refractivity contribution in [2.24, 2.45) is 5.41 Å². The Morgan fingerprint density at radius 1 is 0.524 bits per heavy atom. The third kappa shape index (κ3) is 11.5. The summed E-state index contributed by atoms with van der Waals surface area (Å²) in [7, 11) is 0. The van der Waals surface area contributed by atoms with Gasteiger partial charge in [-0.05, 0) is 40.9 Å². The summed E-state index contributed by atoms with van der Waals surface area (Å²) in [5, 5.41) is 44.4. The Bertz CT molecular complexity index is 816. The molecule has 0 bridgehead atoms. The molecular formula is C38H70O4. The fraction of sp³-hybridized carbons (Fsp3) is 0.842. The lowest BCUT2D eigenvalue weighted by molar-refractivity contribution is -0.165. The third-order valence-electron chi connectivity index (χ3n) is 9.49. The van der Waals surface area contributed by atoms with Gasteiger partial charge in [-0.25, -0.2) is 0 Å². The van der Waals surface area contributed by atoms with Gasteiger partial charge in [0.05, 0.1) is 25.2 Å². The maximum atomic E-state index is 12.7. The molecule has 0 saturated heterocycles. The highest BCUT2D eigenvalue weighted by Crippen LogP contribution is 2.50. The summed E-state index contributed by atoms with van der Waals surface area (Å²) in [5.41, 5.74) is 0.397. The molecule has 0 aliphatic heterocycles. The monoisotopic (exact) mass is 591 g/mol. The van der Waals surface area contributed by atoms with E-state index in [1.54, 1.807) is 0 Å². The molecule has 1 aromatic carbocycles. The van der Waals surface area contributed by atoms with Gasteiger partial charge < -0.3 is 20.4 Å². The first-order valence-corrected chi connectivity index (χ1v) is 17.4. The number of hydrogen-bond acceptors (Lipinski definition) is 4. The van der Waals surface area contributed by atoms with Crippen LogP contribution >= 0.6 is 0 Å². The highest BCUT2D eigenvalue weighted by atomic mass is 16.3. The standard InChI is InChI=1S/C38H70O4/c1-9-10-11-12-13-14-15-16-17-18-19-20-21-22-23-24-25-38(42,37(28-39,29-40)30-41)34-32(35(3,4)5)26-31(2)27-33(34)36(6,7)8/h26-27,39-42H,9-25,28-30H2,1-8H3. The molecule has 1 unspecified atom stereocenters. The smallest absolute Gasteiger partial charge is 0.102 e. The van der Waals surface area contributed by atoms with Gasteiger partial charge in [0.2, 0.25) is 0 Å². The van der Waals surface area contributed by atoms with E-state index in [1.807, 2.05) is 0 Å². The van der Waals surface area contributed by atoms with Crippen LogP contribution in [0.1, 0.15) is 180 Å². The van der Waals surface area contributed by atoms with Gasteiger partial charge in [-0.15, -0.1) is 0 Å². The number of unbranched alkanes of at least 4 members (excludes halogenated alkanes) is 15. The highest BCUT2D eigenvalue weighted by molar-refractivity contribution is 5.50. The summed E-state index contributed by atoms with van der Waals surface area (Å²) in [6, 6.07) is 4.28. The van der Waals surface area contributed by atoms with Gasteiger partial charge in [0, 0.05) is 0 Å². The van der Waals surface area contributed by atoms with Gasteiger partial charge in [0.1, 0.15) is 5.60 Å². The minimum absolute atomic E-state index is 0.268. The molecule has 0 aliphatic carbocycles. The Morgan fingerprint density at radius 3 is 1.12 bits per heavy atom. The van der Waals surface area contributed by atoms with Crippen LogP contribution in [-0.4, -0.2) is 40.2 Å². The number of rotatable bonds is 22. The second kappa shape index (κ2) is 18.8. The molecule has 0 radical (unpaired) electrons. The number of hydrogen-bond donors (Lipinski definition) is 4. The number of aryl methyl sites for hydroxylation is 1. The van der Waals surface area contributed by atoms with E-state index in [-0.39, 0.29) is 10.8 Å². The zero-order valence-electron chi connectivity index (χ0n) is 29.1. The quantitative estimate of drug-likeness (QED) is 0.101. The molecule has 0 saturated carbocycles. The van der Waals surface area contributed by atoms with E-state index in [4.69, 9.17) is 0 Å². The van der Waals surface area contributed by atoms with Crippen LogP contribution in [0.2, 0.25) is 0 Å². The molecule has 0 aromatic heterocycles. The molecule has 0 spiro atoms. The Hall–Kier alpha value is -0.940. The van der Waals surface area contributed by atoms with Crippen molar-refractivity contribution in [3.05, 3.63) is 34.4 Å². The normalized spacial score (nSPS) is 14.4. The maximum Gasteiger partial charge on any atom is 0.102 e. The average molecular weight is 591 g/mol. The third-order valence-corrected chi connectivity index (χ3v) is 9.49. The van der Waals surface area contributed by atoms with Crippen LogP contribution in [0, 0.1) is 12.3 Å². The van der Waals surface area contributed by atoms with Crippen molar-refractivity contribution in [2.75, 3.05) is 19.8 Å². The van der Waals surface area contributed by atoms with Crippen molar-refractivity contribution < 1.29 is 20.4 Å². The van der Waals surface area contributed by atoms with Gasteiger partial charge in [0.25, 0.3) is 0 Å². The Kier molecular flexibility index (Phi) is 17.5. The summed E-state index contributed by atoms with van der Waals surface area (Å²) in [6.45, 7) is 15.8. The van der Waals surface area contributed by atoms with Gasteiger partial charge in [-0.2, -0.15) is 0 Å². The van der Waals surface area contributed by atoms with Crippen molar-refractivity contribution in [1.82, 2.24) is 0 Å². The van der Waals surface area contributed by atoms with Crippen LogP contribution in [0.15, 0.2) is 12.1 Å². The lowest BCUT2D eigenvalue weighted by atomic mass is 9.60. The largest absolute Gasteiger partial charge is 0.395 e. The van der Waals surface area contributed by atoms with Crippen LogP contribution in [0.3, 0.4) is 0 Å². The summed E-state index contributed by atoms with van der Waals surface area (Å²) >= 11 is 0. The molecule has 0 fully saturated rings. The first-order valence-electron chi connectivity index (χ1n) is 17.4. The number of benzene rings is 1. The van der Waals surface area contributed by atoms with Gasteiger partial charge in [0.15, 0.2) is 0 Å². The van der Waals surface area contributed by atoms with E-state index in [0.717, 1.165) is 41.5 Å². The average Bonchev–Trinajstić information content (AvgIpc) is 2.92. The minimum Gasteiger partial charge on any atom is -0.395 e. The fourth-order valence-electron chi connectivity index (χ4n) is 6.54. The van der Waals surface area contributed by atoms with E-state index >= 15 is 0 Å². The molecular weight excluding hydrogens is 520 g/mol. The molecule has 1 atom stereocenters. The van der Waals surface area contributed by atoms with Crippen LogP contribution in [0.4, 0.5) is 0 Å². The number of aliphatic hydroxyl groups excluding tert-OH is 3. The second-order valence-electron chi connectivity index (χ2n) is 15.4. The summed E-state index contributed by atoms with van der Waals surface area (Å²) in [4.78, 5) is 0. The van der Waals surface area contributed by atoms with Crippen molar-refractivity contribution in [2.45, 2.75) is 181 Å². The fourth-order valence-corrected chi connectivity index (χ4v) is 6.54. The minimum atomic E-state index is -1.57. The van der Waals surface area contributed by atoms with E-state index in [1.165, 1.54) is 83.5 Å². The van der Waals surface area contributed by atoms with E-state index in [9.17, 15) is 20.4 Å². The first-order chi connectivity index (χ1) is 19.7. The second-order valence-corrected chi connectivity index (χ2v) is 15.4. The molecule has 42 heavy (non-hydrogen) atoms. The van der Waals surface area contributed by atoms with E-state index in [0.29, 0.717) is 6.42 Å². The van der Waals surface area contributed by atoms with Crippen molar-refractivity contribution in [3.8, 4) is 0 Å². The first kappa shape index (κ1) is 39.1. The Labute approximate surface area is 260 Å². The molecule has 1 aromatic rings. The molecule has 4 heteroatoms. The summed E-state index contributed by atoms with van der Waals surface area (Å²) < 4.78 is 0. The van der Waals surface area contributed by atoms with E-state index in [2.05, 4.69) is 67.5 Å². The van der Waals surface area contributed by atoms with Crippen LogP contribution in [-0.2, 0) is 16.4 Å². The van der Waals surface area contributed by atoms with Crippen molar-refractivity contribution >= 4 is 0 Å².